The monoisotopic (exact) mass is 512 g/mol. The lowest BCUT2D eigenvalue weighted by molar-refractivity contribution is -0.137. The number of carbonyl (C=O) groups is 2. The Kier molecular flexibility index (Phi) is 8.05. The van der Waals surface area contributed by atoms with Crippen molar-refractivity contribution in [2.24, 2.45) is 0 Å². The van der Waals surface area contributed by atoms with Crippen LogP contribution < -0.4 is 15.0 Å². The maximum atomic E-state index is 13.8. The van der Waals surface area contributed by atoms with E-state index < -0.39 is 29.6 Å². The number of carbonyl (C=O) groups excluding carboxylic acids is 2. The van der Waals surface area contributed by atoms with E-state index in [2.05, 4.69) is 15.3 Å². The molecular weight excluding hydrogens is 485 g/mol. The predicted molar refractivity (Wildman–Crippen MR) is 131 cm³/mol. The zero-order chi connectivity index (χ0) is 26.4. The minimum absolute atomic E-state index is 0.0861. The molecule has 0 spiro atoms. The molecule has 1 aromatic heterocycles. The molecule has 1 aliphatic carbocycles. The first-order valence-corrected chi connectivity index (χ1v) is 12.0. The highest BCUT2D eigenvalue weighted by Gasteiger charge is 2.37. The van der Waals surface area contributed by atoms with Crippen molar-refractivity contribution in [3.05, 3.63) is 83.9 Å². The lowest BCUT2D eigenvalue weighted by Gasteiger charge is -2.33. The Morgan fingerprint density at radius 3 is 2.41 bits per heavy atom. The SMILES string of the molecule is COc1ccc([C@H](C(=O)NC2CCCCC2)N(C(=O)c2cnccn2)c2cccc(C(F)(F)F)c2)cc1. The second kappa shape index (κ2) is 11.4. The molecule has 3 aromatic rings. The van der Waals surface area contributed by atoms with E-state index in [4.69, 9.17) is 4.74 Å². The summed E-state index contributed by atoms with van der Waals surface area (Å²) in [4.78, 5) is 36.6. The van der Waals surface area contributed by atoms with Crippen LogP contribution in [0.5, 0.6) is 5.75 Å². The Labute approximate surface area is 212 Å². The van der Waals surface area contributed by atoms with Gasteiger partial charge >= 0.3 is 6.18 Å². The van der Waals surface area contributed by atoms with Crippen LogP contribution in [0.25, 0.3) is 0 Å². The average molecular weight is 513 g/mol. The summed E-state index contributed by atoms with van der Waals surface area (Å²) in [5.41, 5.74) is -0.735. The lowest BCUT2D eigenvalue weighted by Crippen LogP contribution is -2.47. The molecule has 1 N–H and O–H groups in total. The molecule has 0 bridgehead atoms. The molecule has 0 radical (unpaired) electrons. The van der Waals surface area contributed by atoms with Crippen molar-refractivity contribution < 1.29 is 27.5 Å². The Hall–Kier alpha value is -3.95. The van der Waals surface area contributed by atoms with Crippen molar-refractivity contribution >= 4 is 17.5 Å². The molecule has 2 amide bonds. The first kappa shape index (κ1) is 26.1. The number of rotatable bonds is 7. The van der Waals surface area contributed by atoms with Crippen molar-refractivity contribution in [1.29, 1.82) is 0 Å². The zero-order valence-electron chi connectivity index (χ0n) is 20.2. The standard InChI is InChI=1S/C27H27F3N4O3/c1-37-22-12-10-18(11-13-22)24(25(35)33-20-7-3-2-4-8-20)34(26(36)23-17-31-14-15-32-23)21-9-5-6-19(16-21)27(28,29)30/h5-6,9-17,20,24H,2-4,7-8H2,1H3,(H,33,35)/t24-/m1/s1. The first-order chi connectivity index (χ1) is 17.8. The second-order valence-electron chi connectivity index (χ2n) is 8.83. The molecule has 1 saturated carbocycles. The summed E-state index contributed by atoms with van der Waals surface area (Å²) in [6, 6.07) is 9.50. The smallest absolute Gasteiger partial charge is 0.416 e. The van der Waals surface area contributed by atoms with Crippen LogP contribution in [0.1, 0.15) is 59.8 Å². The number of amides is 2. The zero-order valence-corrected chi connectivity index (χ0v) is 20.2. The highest BCUT2D eigenvalue weighted by Crippen LogP contribution is 2.36. The third-order valence-corrected chi connectivity index (χ3v) is 6.34. The molecule has 1 atom stereocenters. The van der Waals surface area contributed by atoms with Gasteiger partial charge < -0.3 is 10.1 Å². The van der Waals surface area contributed by atoms with Gasteiger partial charge in [-0.05, 0) is 48.7 Å². The molecule has 0 aliphatic heterocycles. The van der Waals surface area contributed by atoms with Crippen molar-refractivity contribution in [1.82, 2.24) is 15.3 Å². The molecule has 37 heavy (non-hydrogen) atoms. The molecule has 0 unspecified atom stereocenters. The maximum absolute atomic E-state index is 13.8. The van der Waals surface area contributed by atoms with Gasteiger partial charge in [0.15, 0.2) is 0 Å². The summed E-state index contributed by atoms with van der Waals surface area (Å²) in [6.45, 7) is 0. The van der Waals surface area contributed by atoms with E-state index in [0.717, 1.165) is 49.1 Å². The number of nitrogens with one attached hydrogen (secondary N) is 1. The van der Waals surface area contributed by atoms with Gasteiger partial charge in [0.25, 0.3) is 5.91 Å². The maximum Gasteiger partial charge on any atom is 0.416 e. The summed E-state index contributed by atoms with van der Waals surface area (Å²) >= 11 is 0. The number of alkyl halides is 3. The fourth-order valence-corrected chi connectivity index (χ4v) is 4.48. The van der Waals surface area contributed by atoms with E-state index in [9.17, 15) is 22.8 Å². The van der Waals surface area contributed by atoms with E-state index in [1.165, 1.54) is 37.8 Å². The third kappa shape index (κ3) is 6.25. The van der Waals surface area contributed by atoms with Crippen molar-refractivity contribution in [3.8, 4) is 5.75 Å². The van der Waals surface area contributed by atoms with Gasteiger partial charge in [0, 0.05) is 24.1 Å². The molecular formula is C27H27F3N4O3. The number of halogens is 3. The molecule has 0 saturated heterocycles. The van der Waals surface area contributed by atoms with E-state index >= 15 is 0 Å². The number of anilines is 1. The quantitative estimate of drug-likeness (QED) is 0.462. The van der Waals surface area contributed by atoms with Crippen molar-refractivity contribution in [3.63, 3.8) is 0 Å². The molecule has 194 valence electrons. The van der Waals surface area contributed by atoms with Gasteiger partial charge in [0.05, 0.1) is 18.9 Å². The number of benzene rings is 2. The van der Waals surface area contributed by atoms with Crippen molar-refractivity contribution in [2.45, 2.75) is 50.4 Å². The number of hydrogen-bond acceptors (Lipinski definition) is 5. The molecule has 4 rings (SSSR count). The van der Waals surface area contributed by atoms with Gasteiger partial charge in [-0.25, -0.2) is 4.98 Å². The highest BCUT2D eigenvalue weighted by molar-refractivity contribution is 6.09. The Morgan fingerprint density at radius 1 is 1.05 bits per heavy atom. The fraction of sp³-hybridized carbons (Fsp3) is 0.333. The number of aromatic nitrogens is 2. The fourth-order valence-electron chi connectivity index (χ4n) is 4.48. The van der Waals surface area contributed by atoms with Gasteiger partial charge in [-0.2, -0.15) is 13.2 Å². The molecule has 1 aliphatic rings. The van der Waals surface area contributed by atoms with Gasteiger partial charge in [0.1, 0.15) is 17.5 Å². The number of hydrogen-bond donors (Lipinski definition) is 1. The van der Waals surface area contributed by atoms with Crippen LogP contribution in [0.4, 0.5) is 18.9 Å². The number of methoxy groups -OCH3 is 1. The Balaban J connectivity index is 1.84. The van der Waals surface area contributed by atoms with Gasteiger partial charge in [-0.3, -0.25) is 19.5 Å². The number of nitrogens with zero attached hydrogens (tertiary/aromatic N) is 3. The largest absolute Gasteiger partial charge is 0.497 e. The minimum Gasteiger partial charge on any atom is -0.497 e. The normalized spacial score (nSPS) is 15.0. The Bertz CT molecular complexity index is 1210. The van der Waals surface area contributed by atoms with Gasteiger partial charge in [-0.15, -0.1) is 0 Å². The molecule has 1 fully saturated rings. The highest BCUT2D eigenvalue weighted by atomic mass is 19.4. The van der Waals surface area contributed by atoms with Gasteiger partial charge in [-0.1, -0.05) is 37.5 Å². The van der Waals surface area contributed by atoms with E-state index in [1.807, 2.05) is 0 Å². The van der Waals surface area contributed by atoms with Crippen LogP contribution in [-0.4, -0.2) is 34.9 Å². The van der Waals surface area contributed by atoms with Crippen LogP contribution in [0, 0.1) is 0 Å². The van der Waals surface area contributed by atoms with E-state index in [1.54, 1.807) is 24.3 Å². The molecule has 2 aromatic carbocycles. The molecule has 10 heteroatoms. The Morgan fingerprint density at radius 2 is 1.78 bits per heavy atom. The molecule has 1 heterocycles. The van der Waals surface area contributed by atoms with Crippen LogP contribution in [0.15, 0.2) is 67.1 Å². The topological polar surface area (TPSA) is 84.4 Å². The summed E-state index contributed by atoms with van der Waals surface area (Å²) in [5, 5.41) is 3.03. The van der Waals surface area contributed by atoms with Crippen molar-refractivity contribution in [2.75, 3.05) is 12.0 Å². The summed E-state index contributed by atoms with van der Waals surface area (Å²) in [6.07, 6.45) is 3.86. The predicted octanol–water partition coefficient (Wildman–Crippen LogP) is 5.34. The van der Waals surface area contributed by atoms with Crippen LogP contribution in [0.2, 0.25) is 0 Å². The summed E-state index contributed by atoms with van der Waals surface area (Å²) < 4.78 is 46.1. The van der Waals surface area contributed by atoms with E-state index in [-0.39, 0.29) is 17.4 Å². The lowest BCUT2D eigenvalue weighted by atomic mass is 9.94. The average Bonchev–Trinajstić information content (AvgIpc) is 2.92. The van der Waals surface area contributed by atoms with E-state index in [0.29, 0.717) is 11.3 Å². The summed E-state index contributed by atoms with van der Waals surface area (Å²) in [5.74, 6) is -0.722. The molecule has 7 nitrogen and oxygen atoms in total. The first-order valence-electron chi connectivity index (χ1n) is 12.0. The minimum atomic E-state index is -4.64. The van der Waals surface area contributed by atoms with Crippen LogP contribution in [-0.2, 0) is 11.0 Å². The number of ether oxygens (including phenoxy) is 1. The third-order valence-electron chi connectivity index (χ3n) is 6.34. The van der Waals surface area contributed by atoms with Gasteiger partial charge in [0.2, 0.25) is 5.91 Å². The van der Waals surface area contributed by atoms with Crippen LogP contribution >= 0.6 is 0 Å². The second-order valence-corrected chi connectivity index (χ2v) is 8.83. The summed E-state index contributed by atoms with van der Waals surface area (Å²) in [7, 11) is 1.49. The van der Waals surface area contributed by atoms with Crippen LogP contribution in [0.3, 0.4) is 0 Å².